The van der Waals surface area contributed by atoms with Gasteiger partial charge in [0.2, 0.25) is 5.82 Å². The first-order valence-electron chi connectivity index (χ1n) is 6.55. The number of hydrogen-bond donors (Lipinski definition) is 2. The maximum absolute atomic E-state index is 5.97. The van der Waals surface area contributed by atoms with Crippen molar-refractivity contribution in [2.45, 2.75) is 13.5 Å². The molecule has 6 heteroatoms. The van der Waals surface area contributed by atoms with Gasteiger partial charge in [0.25, 0.3) is 0 Å². The topological polar surface area (TPSA) is 66.5 Å². The van der Waals surface area contributed by atoms with E-state index in [0.29, 0.717) is 5.82 Å². The Balaban J connectivity index is 1.75. The van der Waals surface area contributed by atoms with Gasteiger partial charge in [-0.15, -0.1) is 10.2 Å². The second kappa shape index (κ2) is 5.93. The molecule has 0 amide bonds. The fraction of sp³-hybridized carbons (Fsp3) is 0.133. The quantitative estimate of drug-likeness (QED) is 0.774. The van der Waals surface area contributed by atoms with Gasteiger partial charge in [-0.1, -0.05) is 29.8 Å². The molecule has 0 aliphatic carbocycles. The largest absolute Gasteiger partial charge is 0.381 e. The molecule has 1 heterocycles. The Labute approximate surface area is 127 Å². The Kier molecular flexibility index (Phi) is 3.83. The van der Waals surface area contributed by atoms with Gasteiger partial charge >= 0.3 is 0 Å². The van der Waals surface area contributed by atoms with E-state index in [-0.39, 0.29) is 0 Å². The minimum atomic E-state index is 0.585. The standard InChI is InChI=1S/C15H14ClN5/c1-10-7-13(16)6-5-12(10)9-17-14-4-2-3-11(8-14)15-18-20-21-19-15/h2-8,17H,9H2,1H3,(H,18,19,20,21). The number of anilines is 1. The number of aromatic amines is 1. The van der Waals surface area contributed by atoms with Gasteiger partial charge in [0, 0.05) is 22.8 Å². The van der Waals surface area contributed by atoms with Gasteiger partial charge in [0.05, 0.1) is 0 Å². The van der Waals surface area contributed by atoms with E-state index in [1.165, 1.54) is 11.1 Å². The first-order valence-corrected chi connectivity index (χ1v) is 6.93. The molecule has 0 unspecified atom stereocenters. The van der Waals surface area contributed by atoms with Crippen LogP contribution >= 0.6 is 11.6 Å². The summed E-state index contributed by atoms with van der Waals surface area (Å²) in [4.78, 5) is 0. The molecule has 3 aromatic rings. The average Bonchev–Trinajstić information content (AvgIpc) is 3.01. The highest BCUT2D eigenvalue weighted by Gasteiger charge is 2.04. The molecule has 0 radical (unpaired) electrons. The number of H-pyrrole nitrogens is 1. The summed E-state index contributed by atoms with van der Waals surface area (Å²) < 4.78 is 0. The van der Waals surface area contributed by atoms with Crippen LogP contribution in [0.4, 0.5) is 5.69 Å². The fourth-order valence-electron chi connectivity index (χ4n) is 2.11. The van der Waals surface area contributed by atoms with Crippen molar-refractivity contribution in [1.29, 1.82) is 0 Å². The number of aromatic nitrogens is 4. The molecule has 0 spiro atoms. The van der Waals surface area contributed by atoms with Gasteiger partial charge in [-0.2, -0.15) is 5.21 Å². The lowest BCUT2D eigenvalue weighted by Gasteiger charge is -2.10. The van der Waals surface area contributed by atoms with E-state index in [2.05, 4.69) is 32.9 Å². The van der Waals surface area contributed by atoms with Crippen LogP contribution in [-0.2, 0) is 6.54 Å². The molecule has 2 N–H and O–H groups in total. The molecule has 0 aliphatic rings. The molecule has 0 bridgehead atoms. The van der Waals surface area contributed by atoms with E-state index < -0.39 is 0 Å². The normalized spacial score (nSPS) is 10.6. The molecule has 0 saturated carbocycles. The molecule has 1 aromatic heterocycles. The van der Waals surface area contributed by atoms with Crippen molar-refractivity contribution in [2.75, 3.05) is 5.32 Å². The number of hydrogen-bond acceptors (Lipinski definition) is 4. The van der Waals surface area contributed by atoms with E-state index in [1.54, 1.807) is 0 Å². The van der Waals surface area contributed by atoms with Crippen LogP contribution in [0.5, 0.6) is 0 Å². The highest BCUT2D eigenvalue weighted by molar-refractivity contribution is 6.30. The molecule has 0 fully saturated rings. The van der Waals surface area contributed by atoms with E-state index in [4.69, 9.17) is 11.6 Å². The highest BCUT2D eigenvalue weighted by atomic mass is 35.5. The summed E-state index contributed by atoms with van der Waals surface area (Å²) in [6.45, 7) is 2.79. The lowest BCUT2D eigenvalue weighted by Crippen LogP contribution is -2.01. The van der Waals surface area contributed by atoms with Crippen molar-refractivity contribution in [3.05, 3.63) is 58.6 Å². The van der Waals surface area contributed by atoms with Crippen molar-refractivity contribution >= 4 is 17.3 Å². The van der Waals surface area contributed by atoms with E-state index >= 15 is 0 Å². The molecule has 0 saturated heterocycles. The van der Waals surface area contributed by atoms with Crippen molar-refractivity contribution in [2.24, 2.45) is 0 Å². The van der Waals surface area contributed by atoms with Gasteiger partial charge < -0.3 is 5.32 Å². The van der Waals surface area contributed by atoms with Crippen molar-refractivity contribution in [1.82, 2.24) is 20.6 Å². The molecular weight excluding hydrogens is 286 g/mol. The molecule has 0 atom stereocenters. The molecular formula is C15H14ClN5. The van der Waals surface area contributed by atoms with Gasteiger partial charge in [0.15, 0.2) is 0 Å². The van der Waals surface area contributed by atoms with Crippen LogP contribution in [0.2, 0.25) is 5.02 Å². The van der Waals surface area contributed by atoms with E-state index in [1.807, 2.05) is 42.5 Å². The second-order valence-electron chi connectivity index (χ2n) is 4.74. The number of rotatable bonds is 4. The SMILES string of the molecule is Cc1cc(Cl)ccc1CNc1cccc(-c2nn[nH]n2)c1. The monoisotopic (exact) mass is 299 g/mol. The summed E-state index contributed by atoms with van der Waals surface area (Å²) >= 11 is 5.97. The first kappa shape index (κ1) is 13.6. The zero-order chi connectivity index (χ0) is 14.7. The smallest absolute Gasteiger partial charge is 0.204 e. The lowest BCUT2D eigenvalue weighted by atomic mass is 10.1. The van der Waals surface area contributed by atoms with Gasteiger partial charge in [-0.05, 0) is 47.5 Å². The Bertz CT molecular complexity index is 740. The van der Waals surface area contributed by atoms with Crippen LogP contribution in [0.15, 0.2) is 42.5 Å². The number of aryl methyl sites for hydroxylation is 1. The Morgan fingerprint density at radius 3 is 2.86 bits per heavy atom. The number of halogens is 1. The molecule has 2 aromatic carbocycles. The third-order valence-corrected chi connectivity index (χ3v) is 3.49. The van der Waals surface area contributed by atoms with Crippen LogP contribution < -0.4 is 5.32 Å². The van der Waals surface area contributed by atoms with Crippen LogP contribution in [0.25, 0.3) is 11.4 Å². The van der Waals surface area contributed by atoms with Crippen LogP contribution in [0, 0.1) is 6.92 Å². The average molecular weight is 300 g/mol. The first-order chi connectivity index (χ1) is 10.2. The molecule has 106 valence electrons. The number of nitrogens with zero attached hydrogens (tertiary/aromatic N) is 3. The summed E-state index contributed by atoms with van der Waals surface area (Å²) in [5.74, 6) is 0.585. The van der Waals surface area contributed by atoms with Crippen LogP contribution in [0.3, 0.4) is 0 Å². The summed E-state index contributed by atoms with van der Waals surface area (Å²) in [7, 11) is 0. The van der Waals surface area contributed by atoms with Crippen molar-refractivity contribution in [3.8, 4) is 11.4 Å². The van der Waals surface area contributed by atoms with Crippen molar-refractivity contribution < 1.29 is 0 Å². The fourth-order valence-corrected chi connectivity index (χ4v) is 2.33. The maximum Gasteiger partial charge on any atom is 0.204 e. The Morgan fingerprint density at radius 1 is 1.19 bits per heavy atom. The van der Waals surface area contributed by atoms with Gasteiger partial charge in [-0.3, -0.25) is 0 Å². The number of benzene rings is 2. The highest BCUT2D eigenvalue weighted by Crippen LogP contribution is 2.20. The minimum Gasteiger partial charge on any atom is -0.381 e. The zero-order valence-electron chi connectivity index (χ0n) is 11.5. The summed E-state index contributed by atoms with van der Waals surface area (Å²) in [6.07, 6.45) is 0. The molecule has 0 aliphatic heterocycles. The predicted molar refractivity (Wildman–Crippen MR) is 83.1 cm³/mol. The summed E-state index contributed by atoms with van der Waals surface area (Å²) in [5, 5.41) is 18.1. The van der Waals surface area contributed by atoms with Crippen molar-refractivity contribution in [3.63, 3.8) is 0 Å². The predicted octanol–water partition coefficient (Wildman–Crippen LogP) is 3.44. The zero-order valence-corrected chi connectivity index (χ0v) is 12.2. The summed E-state index contributed by atoms with van der Waals surface area (Å²) in [6, 6.07) is 13.8. The number of tetrazole rings is 1. The van der Waals surface area contributed by atoms with Gasteiger partial charge in [0.1, 0.15) is 0 Å². The molecule has 21 heavy (non-hydrogen) atoms. The third kappa shape index (κ3) is 3.20. The molecule has 5 nitrogen and oxygen atoms in total. The van der Waals surface area contributed by atoms with E-state index in [9.17, 15) is 0 Å². The molecule has 3 rings (SSSR count). The lowest BCUT2D eigenvalue weighted by molar-refractivity contribution is 0.881. The number of nitrogens with one attached hydrogen (secondary N) is 2. The van der Waals surface area contributed by atoms with E-state index in [0.717, 1.165) is 22.8 Å². The Morgan fingerprint density at radius 2 is 2.10 bits per heavy atom. The maximum atomic E-state index is 5.97. The van der Waals surface area contributed by atoms with Crippen LogP contribution in [-0.4, -0.2) is 20.6 Å². The minimum absolute atomic E-state index is 0.585. The summed E-state index contributed by atoms with van der Waals surface area (Å²) in [5.41, 5.74) is 4.31. The van der Waals surface area contributed by atoms with Crippen LogP contribution in [0.1, 0.15) is 11.1 Å². The third-order valence-electron chi connectivity index (χ3n) is 3.25. The van der Waals surface area contributed by atoms with Gasteiger partial charge in [-0.25, -0.2) is 0 Å². The second-order valence-corrected chi connectivity index (χ2v) is 5.18. The Hall–Kier alpha value is -2.40.